The van der Waals surface area contributed by atoms with Gasteiger partial charge < -0.3 is 0 Å². The van der Waals surface area contributed by atoms with Crippen LogP contribution in [0.1, 0.15) is 25.3 Å². The van der Waals surface area contributed by atoms with E-state index in [1.165, 1.54) is 12.0 Å². The van der Waals surface area contributed by atoms with Crippen molar-refractivity contribution in [3.63, 3.8) is 0 Å². The van der Waals surface area contributed by atoms with Crippen molar-refractivity contribution in [1.29, 1.82) is 0 Å². The van der Waals surface area contributed by atoms with Gasteiger partial charge in [0.2, 0.25) is 0 Å². The van der Waals surface area contributed by atoms with Gasteiger partial charge in [-0.25, -0.2) is 0 Å². The fourth-order valence-corrected chi connectivity index (χ4v) is 1.32. The van der Waals surface area contributed by atoms with E-state index in [9.17, 15) is 0 Å². The number of aromatic nitrogens is 2. The summed E-state index contributed by atoms with van der Waals surface area (Å²) in [6.07, 6.45) is 7.41. The fraction of sp³-hybridized carbons (Fsp3) is 0.667. The number of unbranched alkanes of at least 4 members (excludes halogenated alkanes) is 1. The molecule has 1 rings (SSSR count). The van der Waals surface area contributed by atoms with Crippen LogP contribution in [0.25, 0.3) is 0 Å². The number of aryl methyl sites for hydroxylation is 2. The fourth-order valence-electron chi connectivity index (χ4n) is 1.13. The molecule has 0 N–H and O–H groups in total. The molecule has 3 heteroatoms. The molecule has 0 aromatic carbocycles. The van der Waals surface area contributed by atoms with Crippen LogP contribution in [0.5, 0.6) is 0 Å². The predicted molar refractivity (Wildman–Crippen MR) is 51.6 cm³/mol. The molecule has 0 saturated carbocycles. The molecule has 0 unspecified atom stereocenters. The van der Waals surface area contributed by atoms with Gasteiger partial charge in [0.05, 0.1) is 6.20 Å². The number of hydrogen-bond donors (Lipinski definition) is 0. The van der Waals surface area contributed by atoms with Gasteiger partial charge in [-0.1, -0.05) is 0 Å². The quantitative estimate of drug-likeness (QED) is 0.510. The maximum Gasteiger partial charge on any atom is 0.0521 e. The second-order valence-corrected chi connectivity index (χ2v) is 3.23. The maximum atomic E-state index is 5.58. The lowest BCUT2D eigenvalue weighted by molar-refractivity contribution is 0.658. The van der Waals surface area contributed by atoms with Crippen LogP contribution in [0.15, 0.2) is 12.4 Å². The van der Waals surface area contributed by atoms with Gasteiger partial charge in [0, 0.05) is 18.6 Å². The summed E-state index contributed by atoms with van der Waals surface area (Å²) < 4.78 is 1.95. The van der Waals surface area contributed by atoms with E-state index in [4.69, 9.17) is 11.6 Å². The SMILES string of the molecule is CCn1cc(CCCCCl)cn1. The number of alkyl halides is 1. The molecule has 1 aromatic heterocycles. The second kappa shape index (κ2) is 5.20. The third-order valence-corrected chi connectivity index (χ3v) is 2.13. The van der Waals surface area contributed by atoms with E-state index in [0.29, 0.717) is 0 Å². The minimum Gasteiger partial charge on any atom is -0.273 e. The van der Waals surface area contributed by atoms with Crippen molar-refractivity contribution in [2.75, 3.05) is 5.88 Å². The Bertz CT molecular complexity index is 220. The monoisotopic (exact) mass is 186 g/mol. The lowest BCUT2D eigenvalue weighted by atomic mass is 10.2. The average molecular weight is 187 g/mol. The highest BCUT2D eigenvalue weighted by Crippen LogP contribution is 2.04. The summed E-state index contributed by atoms with van der Waals surface area (Å²) in [6, 6.07) is 0. The topological polar surface area (TPSA) is 17.8 Å². The minimum absolute atomic E-state index is 0.766. The Hall–Kier alpha value is -0.500. The molecule has 0 fully saturated rings. The van der Waals surface area contributed by atoms with Gasteiger partial charge in [0.1, 0.15) is 0 Å². The summed E-state index contributed by atoms with van der Waals surface area (Å²) in [5.74, 6) is 0.766. The summed E-state index contributed by atoms with van der Waals surface area (Å²) in [5.41, 5.74) is 1.32. The molecule has 0 bridgehead atoms. The van der Waals surface area contributed by atoms with Gasteiger partial charge in [0.15, 0.2) is 0 Å². The Morgan fingerprint density at radius 2 is 2.33 bits per heavy atom. The Labute approximate surface area is 78.5 Å². The van der Waals surface area contributed by atoms with E-state index < -0.39 is 0 Å². The van der Waals surface area contributed by atoms with Crippen LogP contribution in [0.2, 0.25) is 0 Å². The zero-order valence-corrected chi connectivity index (χ0v) is 8.22. The van der Waals surface area contributed by atoms with E-state index >= 15 is 0 Å². The first kappa shape index (κ1) is 9.59. The highest BCUT2D eigenvalue weighted by atomic mass is 35.5. The molecule has 0 aliphatic rings. The molecule has 12 heavy (non-hydrogen) atoms. The molecule has 0 aliphatic carbocycles. The van der Waals surface area contributed by atoms with Crippen LogP contribution in [-0.2, 0) is 13.0 Å². The van der Waals surface area contributed by atoms with Crippen molar-refractivity contribution < 1.29 is 0 Å². The summed E-state index contributed by atoms with van der Waals surface area (Å²) in [6.45, 7) is 3.05. The summed E-state index contributed by atoms with van der Waals surface area (Å²) in [4.78, 5) is 0. The first-order chi connectivity index (χ1) is 5.86. The number of hydrogen-bond acceptors (Lipinski definition) is 1. The largest absolute Gasteiger partial charge is 0.273 e. The lowest BCUT2D eigenvalue weighted by Gasteiger charge is -1.94. The van der Waals surface area contributed by atoms with Crippen molar-refractivity contribution in [2.24, 2.45) is 0 Å². The van der Waals surface area contributed by atoms with Gasteiger partial charge in [-0.15, -0.1) is 11.6 Å². The minimum atomic E-state index is 0.766. The van der Waals surface area contributed by atoms with Gasteiger partial charge in [0.25, 0.3) is 0 Å². The van der Waals surface area contributed by atoms with Crippen molar-refractivity contribution in [2.45, 2.75) is 32.7 Å². The molecule has 68 valence electrons. The van der Waals surface area contributed by atoms with E-state index in [1.807, 2.05) is 10.9 Å². The third kappa shape index (κ3) is 2.86. The Kier molecular flexibility index (Phi) is 4.15. The third-order valence-electron chi connectivity index (χ3n) is 1.86. The predicted octanol–water partition coefficient (Wildman–Crippen LogP) is 2.46. The van der Waals surface area contributed by atoms with Crippen LogP contribution in [0.4, 0.5) is 0 Å². The van der Waals surface area contributed by atoms with Crippen LogP contribution in [0.3, 0.4) is 0 Å². The van der Waals surface area contributed by atoms with E-state index in [0.717, 1.165) is 25.3 Å². The molecule has 1 heterocycles. The van der Waals surface area contributed by atoms with Crippen LogP contribution in [0, 0.1) is 0 Å². The average Bonchev–Trinajstić information content (AvgIpc) is 2.53. The first-order valence-electron chi connectivity index (χ1n) is 4.44. The number of rotatable bonds is 5. The van der Waals surface area contributed by atoms with Crippen LogP contribution < -0.4 is 0 Å². The Morgan fingerprint density at radius 3 is 2.92 bits per heavy atom. The van der Waals surface area contributed by atoms with Gasteiger partial charge in [-0.05, 0) is 31.7 Å². The molecule has 2 nitrogen and oxygen atoms in total. The molecule has 0 spiro atoms. The van der Waals surface area contributed by atoms with Crippen LogP contribution >= 0.6 is 11.6 Å². The normalized spacial score (nSPS) is 10.5. The standard InChI is InChI=1S/C9H15ClN2/c1-2-12-8-9(7-11-12)5-3-4-6-10/h7-8H,2-6H2,1H3. The Balaban J connectivity index is 2.31. The maximum absolute atomic E-state index is 5.58. The lowest BCUT2D eigenvalue weighted by Crippen LogP contribution is -1.92. The van der Waals surface area contributed by atoms with Crippen molar-refractivity contribution in [3.05, 3.63) is 18.0 Å². The van der Waals surface area contributed by atoms with E-state index in [1.54, 1.807) is 0 Å². The molecular formula is C9H15ClN2. The smallest absolute Gasteiger partial charge is 0.0521 e. The van der Waals surface area contributed by atoms with Gasteiger partial charge in [-0.2, -0.15) is 5.10 Å². The zero-order valence-electron chi connectivity index (χ0n) is 7.46. The van der Waals surface area contributed by atoms with E-state index in [2.05, 4.69) is 18.2 Å². The van der Waals surface area contributed by atoms with Crippen molar-refractivity contribution in [1.82, 2.24) is 9.78 Å². The van der Waals surface area contributed by atoms with Crippen molar-refractivity contribution in [3.8, 4) is 0 Å². The van der Waals surface area contributed by atoms with Crippen molar-refractivity contribution >= 4 is 11.6 Å². The Morgan fingerprint density at radius 1 is 1.50 bits per heavy atom. The highest BCUT2D eigenvalue weighted by molar-refractivity contribution is 6.17. The summed E-state index contributed by atoms with van der Waals surface area (Å²) in [5, 5.41) is 4.20. The summed E-state index contributed by atoms with van der Waals surface area (Å²) in [7, 11) is 0. The number of nitrogens with zero attached hydrogens (tertiary/aromatic N) is 2. The molecule has 0 saturated heterocycles. The summed E-state index contributed by atoms with van der Waals surface area (Å²) >= 11 is 5.58. The molecule has 0 radical (unpaired) electrons. The highest BCUT2D eigenvalue weighted by Gasteiger charge is 1.96. The van der Waals surface area contributed by atoms with Gasteiger partial charge in [-0.3, -0.25) is 4.68 Å². The number of halogens is 1. The molecule has 0 atom stereocenters. The van der Waals surface area contributed by atoms with E-state index in [-0.39, 0.29) is 0 Å². The van der Waals surface area contributed by atoms with Crippen LogP contribution in [-0.4, -0.2) is 15.7 Å². The molecular weight excluding hydrogens is 172 g/mol. The zero-order chi connectivity index (χ0) is 8.81. The molecule has 1 aromatic rings. The second-order valence-electron chi connectivity index (χ2n) is 2.85. The van der Waals surface area contributed by atoms with Gasteiger partial charge >= 0.3 is 0 Å². The molecule has 0 amide bonds. The molecule has 0 aliphatic heterocycles. The first-order valence-corrected chi connectivity index (χ1v) is 4.97.